The molecule has 1 aliphatic heterocycles. The number of benzene rings is 2. The zero-order chi connectivity index (χ0) is 20.3. The first-order valence-corrected chi connectivity index (χ1v) is 10.9. The van der Waals surface area contributed by atoms with E-state index in [0.29, 0.717) is 17.3 Å². The first-order valence-electron chi connectivity index (χ1n) is 10.1. The van der Waals surface area contributed by atoms with E-state index < -0.39 is 0 Å². The summed E-state index contributed by atoms with van der Waals surface area (Å²) in [6.45, 7) is 2.69. The number of aromatic nitrogens is 3. The molecule has 1 unspecified atom stereocenters. The lowest BCUT2D eigenvalue weighted by atomic mass is 9.98. The first kappa shape index (κ1) is 19.1. The summed E-state index contributed by atoms with van der Waals surface area (Å²) in [5, 5.41) is 7.26. The highest BCUT2D eigenvalue weighted by Crippen LogP contribution is 2.29. The zero-order valence-corrected chi connectivity index (χ0v) is 17.2. The van der Waals surface area contributed by atoms with Gasteiger partial charge in [-0.15, -0.1) is 11.3 Å². The van der Waals surface area contributed by atoms with E-state index in [1.165, 1.54) is 12.1 Å². The fourth-order valence-electron chi connectivity index (χ4n) is 3.87. The maximum atomic E-state index is 13.5. The summed E-state index contributed by atoms with van der Waals surface area (Å²) in [6.07, 6.45) is 2.08. The minimum absolute atomic E-state index is 0.181. The molecule has 2 aromatic carbocycles. The summed E-state index contributed by atoms with van der Waals surface area (Å²) in [4.78, 5) is 11.8. The third kappa shape index (κ3) is 4.17. The van der Waals surface area contributed by atoms with Crippen LogP contribution in [0, 0.1) is 5.82 Å². The van der Waals surface area contributed by atoms with Crippen LogP contribution < -0.4 is 0 Å². The van der Waals surface area contributed by atoms with Gasteiger partial charge in [0, 0.05) is 29.6 Å². The minimum Gasteiger partial charge on any atom is -0.339 e. The number of likely N-dealkylation sites (tertiary alicyclic amines) is 1. The second kappa shape index (κ2) is 8.45. The van der Waals surface area contributed by atoms with Crippen molar-refractivity contribution in [2.75, 3.05) is 13.1 Å². The second-order valence-electron chi connectivity index (χ2n) is 7.55. The molecule has 1 atom stereocenters. The Morgan fingerprint density at radius 2 is 1.93 bits per heavy atom. The molecule has 7 heteroatoms. The van der Waals surface area contributed by atoms with Crippen LogP contribution in [0.25, 0.3) is 22.0 Å². The van der Waals surface area contributed by atoms with E-state index in [2.05, 4.69) is 32.6 Å². The van der Waals surface area contributed by atoms with Crippen molar-refractivity contribution in [2.24, 2.45) is 0 Å². The number of hydrogen-bond acceptors (Lipinski definition) is 6. The van der Waals surface area contributed by atoms with E-state index in [0.717, 1.165) is 48.7 Å². The number of thiazole rings is 1. The number of piperidine rings is 1. The minimum atomic E-state index is -0.305. The average Bonchev–Trinajstić information content (AvgIpc) is 3.45. The van der Waals surface area contributed by atoms with Gasteiger partial charge in [0.15, 0.2) is 0 Å². The third-order valence-corrected chi connectivity index (χ3v) is 6.28. The van der Waals surface area contributed by atoms with Gasteiger partial charge >= 0.3 is 0 Å². The van der Waals surface area contributed by atoms with Gasteiger partial charge in [0.05, 0.1) is 11.6 Å². The van der Waals surface area contributed by atoms with Crippen LogP contribution in [0.2, 0.25) is 0 Å². The molecule has 2 aromatic heterocycles. The van der Waals surface area contributed by atoms with Crippen molar-refractivity contribution >= 4 is 11.3 Å². The summed E-state index contributed by atoms with van der Waals surface area (Å²) < 4.78 is 19.0. The highest BCUT2D eigenvalue weighted by molar-refractivity contribution is 7.13. The number of nitrogens with zero attached hydrogens (tertiary/aromatic N) is 4. The fourth-order valence-corrected chi connectivity index (χ4v) is 4.69. The monoisotopic (exact) mass is 420 g/mol. The normalized spacial score (nSPS) is 17.3. The van der Waals surface area contributed by atoms with Crippen LogP contribution in [-0.2, 0) is 6.54 Å². The molecule has 4 aromatic rings. The Labute approximate surface area is 178 Å². The van der Waals surface area contributed by atoms with E-state index in [4.69, 9.17) is 9.51 Å². The van der Waals surface area contributed by atoms with Crippen LogP contribution in [0.4, 0.5) is 4.39 Å². The van der Waals surface area contributed by atoms with Crippen molar-refractivity contribution in [1.29, 1.82) is 0 Å². The lowest BCUT2D eigenvalue weighted by Crippen LogP contribution is -2.34. The molecule has 0 saturated carbocycles. The van der Waals surface area contributed by atoms with Gasteiger partial charge in [-0.25, -0.2) is 9.37 Å². The maximum absolute atomic E-state index is 13.5. The molecule has 0 bridgehead atoms. The SMILES string of the molecule is Fc1cccc(-c2noc(C3CCCN(Cc4csc(-c5ccccc5)n4)C3)n2)c1. The largest absolute Gasteiger partial charge is 0.339 e. The van der Waals surface area contributed by atoms with Gasteiger partial charge in [-0.3, -0.25) is 4.90 Å². The molecule has 5 nitrogen and oxygen atoms in total. The smallest absolute Gasteiger partial charge is 0.231 e. The number of rotatable bonds is 5. The topological polar surface area (TPSA) is 55.1 Å². The number of halogens is 1. The summed E-state index contributed by atoms with van der Waals surface area (Å²) in [5.41, 5.74) is 2.88. The molecule has 3 heterocycles. The van der Waals surface area contributed by atoms with E-state index >= 15 is 0 Å². The Kier molecular flexibility index (Phi) is 5.38. The van der Waals surface area contributed by atoms with E-state index in [1.54, 1.807) is 23.5 Å². The highest BCUT2D eigenvalue weighted by Gasteiger charge is 2.26. The second-order valence-corrected chi connectivity index (χ2v) is 8.41. The van der Waals surface area contributed by atoms with Crippen LogP contribution in [0.15, 0.2) is 64.5 Å². The van der Waals surface area contributed by atoms with Crippen molar-refractivity contribution in [3.63, 3.8) is 0 Å². The molecular weight excluding hydrogens is 399 g/mol. The Morgan fingerprint density at radius 3 is 2.80 bits per heavy atom. The standard InChI is InChI=1S/C23H21FN4OS/c24-19-10-4-8-17(12-19)21-26-22(29-27-21)18-9-5-11-28(13-18)14-20-15-30-23(25-20)16-6-2-1-3-7-16/h1-4,6-8,10,12,15,18H,5,9,11,13-14H2. The third-order valence-electron chi connectivity index (χ3n) is 5.34. The lowest BCUT2D eigenvalue weighted by Gasteiger charge is -2.30. The Bertz CT molecular complexity index is 1130. The Hall–Kier alpha value is -2.90. The van der Waals surface area contributed by atoms with Crippen LogP contribution in [-0.4, -0.2) is 33.1 Å². The molecule has 1 fully saturated rings. The zero-order valence-electron chi connectivity index (χ0n) is 16.4. The van der Waals surface area contributed by atoms with E-state index in [1.807, 2.05) is 18.2 Å². The van der Waals surface area contributed by atoms with E-state index in [-0.39, 0.29) is 11.7 Å². The summed E-state index contributed by atoms with van der Waals surface area (Å²) in [5.74, 6) is 0.942. The van der Waals surface area contributed by atoms with Gasteiger partial charge in [-0.05, 0) is 31.5 Å². The molecular formula is C23H21FN4OS. The summed E-state index contributed by atoms with van der Waals surface area (Å²) in [6, 6.07) is 16.5. The van der Waals surface area contributed by atoms with Gasteiger partial charge in [0.2, 0.25) is 11.7 Å². The molecule has 0 aliphatic carbocycles. The molecule has 0 N–H and O–H groups in total. The van der Waals surface area contributed by atoms with Crippen LogP contribution in [0.5, 0.6) is 0 Å². The Morgan fingerprint density at radius 1 is 1.07 bits per heavy atom. The molecule has 1 saturated heterocycles. The molecule has 1 aliphatic rings. The van der Waals surface area contributed by atoms with Crippen molar-refractivity contribution in [3.05, 3.63) is 77.4 Å². The predicted molar refractivity (Wildman–Crippen MR) is 114 cm³/mol. The van der Waals surface area contributed by atoms with Crippen molar-refractivity contribution in [3.8, 4) is 22.0 Å². The van der Waals surface area contributed by atoms with Crippen LogP contribution >= 0.6 is 11.3 Å². The fraction of sp³-hybridized carbons (Fsp3) is 0.261. The first-order chi connectivity index (χ1) is 14.7. The predicted octanol–water partition coefficient (Wildman–Crippen LogP) is 5.38. The Balaban J connectivity index is 1.26. The lowest BCUT2D eigenvalue weighted by molar-refractivity contribution is 0.179. The maximum Gasteiger partial charge on any atom is 0.231 e. The quantitative estimate of drug-likeness (QED) is 0.434. The average molecular weight is 421 g/mol. The summed E-state index contributed by atoms with van der Waals surface area (Å²) >= 11 is 1.68. The van der Waals surface area contributed by atoms with Crippen molar-refractivity contribution < 1.29 is 8.91 Å². The molecule has 5 rings (SSSR count). The van der Waals surface area contributed by atoms with Gasteiger partial charge in [-0.2, -0.15) is 4.98 Å². The molecule has 152 valence electrons. The molecule has 0 radical (unpaired) electrons. The molecule has 30 heavy (non-hydrogen) atoms. The highest BCUT2D eigenvalue weighted by atomic mass is 32.1. The van der Waals surface area contributed by atoms with Gasteiger partial charge in [0.1, 0.15) is 10.8 Å². The van der Waals surface area contributed by atoms with Crippen molar-refractivity contribution in [1.82, 2.24) is 20.0 Å². The van der Waals surface area contributed by atoms with E-state index in [9.17, 15) is 4.39 Å². The van der Waals surface area contributed by atoms with Crippen molar-refractivity contribution in [2.45, 2.75) is 25.3 Å². The van der Waals surface area contributed by atoms with Gasteiger partial charge < -0.3 is 4.52 Å². The van der Waals surface area contributed by atoms with Gasteiger partial charge in [0.25, 0.3) is 0 Å². The van der Waals surface area contributed by atoms with Crippen LogP contribution in [0.3, 0.4) is 0 Å². The van der Waals surface area contributed by atoms with Crippen LogP contribution in [0.1, 0.15) is 30.3 Å². The number of hydrogen-bond donors (Lipinski definition) is 0. The molecule has 0 spiro atoms. The molecule has 0 amide bonds. The summed E-state index contributed by atoms with van der Waals surface area (Å²) in [7, 11) is 0. The van der Waals surface area contributed by atoms with Gasteiger partial charge in [-0.1, -0.05) is 47.6 Å².